The van der Waals surface area contributed by atoms with Gasteiger partial charge in [-0.2, -0.15) is 4.98 Å². The van der Waals surface area contributed by atoms with Crippen LogP contribution >= 0.6 is 0 Å². The number of hydrogen-bond donors (Lipinski definition) is 1. The highest BCUT2D eigenvalue weighted by atomic mass is 16.5. The fourth-order valence-electron chi connectivity index (χ4n) is 3.05. The van der Waals surface area contributed by atoms with Crippen molar-refractivity contribution in [3.63, 3.8) is 0 Å². The summed E-state index contributed by atoms with van der Waals surface area (Å²) in [6, 6.07) is 9.99. The normalized spacial score (nSPS) is 19.7. The first-order valence-corrected chi connectivity index (χ1v) is 8.11. The summed E-state index contributed by atoms with van der Waals surface area (Å²) >= 11 is 0. The lowest BCUT2D eigenvalue weighted by molar-refractivity contribution is 0.116. The van der Waals surface area contributed by atoms with E-state index in [2.05, 4.69) is 27.4 Å². The summed E-state index contributed by atoms with van der Waals surface area (Å²) in [5.41, 5.74) is 2.05. The van der Waals surface area contributed by atoms with E-state index in [9.17, 15) is 0 Å². The van der Waals surface area contributed by atoms with Crippen LogP contribution in [0.4, 0.5) is 17.5 Å². The van der Waals surface area contributed by atoms with E-state index in [1.54, 1.807) is 0 Å². The Morgan fingerprint density at radius 1 is 1.26 bits per heavy atom. The fourth-order valence-corrected chi connectivity index (χ4v) is 3.05. The zero-order valence-electron chi connectivity index (χ0n) is 13.0. The van der Waals surface area contributed by atoms with Gasteiger partial charge in [0.2, 0.25) is 5.95 Å². The summed E-state index contributed by atoms with van der Waals surface area (Å²) in [7, 11) is 0. The third-order valence-corrected chi connectivity index (χ3v) is 4.20. The lowest BCUT2D eigenvalue weighted by Crippen LogP contribution is -2.34. The van der Waals surface area contributed by atoms with Gasteiger partial charge in [-0.15, -0.1) is 0 Å². The summed E-state index contributed by atoms with van der Waals surface area (Å²) in [4.78, 5) is 11.4. The molecule has 118 valence electrons. The first kappa shape index (κ1) is 14.2. The molecule has 4 rings (SSSR count). The van der Waals surface area contributed by atoms with E-state index < -0.39 is 0 Å². The van der Waals surface area contributed by atoms with Gasteiger partial charge in [0.1, 0.15) is 5.82 Å². The van der Waals surface area contributed by atoms with Gasteiger partial charge in [0, 0.05) is 37.1 Å². The summed E-state index contributed by atoms with van der Waals surface area (Å²) in [5, 5.41) is 3.26. The monoisotopic (exact) mass is 308 g/mol. The number of nitrogens with one attached hydrogen (secondary N) is 1. The highest BCUT2D eigenvalue weighted by Gasteiger charge is 2.23. The number of hydrogen-bond acceptors (Lipinski definition) is 5. The second kappa shape index (κ2) is 6.38. The number of rotatable bonds is 4. The largest absolute Gasteiger partial charge is 0.376 e. The van der Waals surface area contributed by atoms with Crippen LogP contribution in [0.25, 0.3) is 6.08 Å². The quantitative estimate of drug-likeness (QED) is 0.939. The number of nitrogens with zero attached hydrogens (tertiary/aromatic N) is 3. The van der Waals surface area contributed by atoms with Crippen LogP contribution in [-0.4, -0.2) is 35.8 Å². The molecule has 1 aromatic carbocycles. The van der Waals surface area contributed by atoms with E-state index in [1.165, 1.54) is 0 Å². The second-order valence-corrected chi connectivity index (χ2v) is 5.91. The molecule has 1 saturated heterocycles. The highest BCUT2D eigenvalue weighted by Crippen LogP contribution is 2.26. The van der Waals surface area contributed by atoms with Crippen molar-refractivity contribution in [1.29, 1.82) is 0 Å². The van der Waals surface area contributed by atoms with Crippen LogP contribution in [0.3, 0.4) is 0 Å². The van der Waals surface area contributed by atoms with Crippen molar-refractivity contribution in [3.8, 4) is 0 Å². The van der Waals surface area contributed by atoms with Crippen molar-refractivity contribution in [2.24, 2.45) is 0 Å². The molecular weight excluding hydrogens is 288 g/mol. The molecule has 3 heterocycles. The Hall–Kier alpha value is -2.40. The van der Waals surface area contributed by atoms with Gasteiger partial charge in [-0.05, 0) is 25.0 Å². The smallest absolute Gasteiger partial charge is 0.229 e. The molecule has 0 aliphatic carbocycles. The average Bonchev–Trinajstić information content (AvgIpc) is 3.09. The summed E-state index contributed by atoms with van der Waals surface area (Å²) < 4.78 is 5.77. The first-order chi connectivity index (χ1) is 11.4. The van der Waals surface area contributed by atoms with E-state index >= 15 is 0 Å². The topological polar surface area (TPSA) is 50.3 Å². The Kier molecular flexibility index (Phi) is 3.94. The van der Waals surface area contributed by atoms with E-state index in [-0.39, 0.29) is 0 Å². The Balaban J connectivity index is 1.56. The molecule has 2 aromatic rings. The predicted octanol–water partition coefficient (Wildman–Crippen LogP) is 3.23. The van der Waals surface area contributed by atoms with Crippen LogP contribution in [-0.2, 0) is 4.74 Å². The average molecular weight is 308 g/mol. The summed E-state index contributed by atoms with van der Waals surface area (Å²) in [6.45, 7) is 2.64. The maximum absolute atomic E-state index is 5.77. The van der Waals surface area contributed by atoms with Crippen LogP contribution in [0, 0.1) is 0 Å². The fraction of sp³-hybridized carbons (Fsp3) is 0.333. The standard InChI is InChI=1S/C18H20N4O/c1-2-7-15(8-3-1)20-18-19-12-14-6-4-10-22(17(14)21-18)13-16-9-5-11-23-16/h1-4,6-8,12,16H,5,9-11,13H2,(H,19,20,21). The second-order valence-electron chi connectivity index (χ2n) is 5.91. The van der Waals surface area contributed by atoms with Crippen LogP contribution < -0.4 is 10.2 Å². The molecule has 23 heavy (non-hydrogen) atoms. The molecule has 0 saturated carbocycles. The molecule has 0 amide bonds. The van der Waals surface area contributed by atoms with Crippen LogP contribution in [0.5, 0.6) is 0 Å². The van der Waals surface area contributed by atoms with Crippen molar-refractivity contribution in [1.82, 2.24) is 9.97 Å². The minimum Gasteiger partial charge on any atom is -0.376 e. The molecular formula is C18H20N4O. The van der Waals surface area contributed by atoms with Gasteiger partial charge >= 0.3 is 0 Å². The van der Waals surface area contributed by atoms with Crippen molar-refractivity contribution < 1.29 is 4.74 Å². The number of benzene rings is 1. The highest BCUT2D eigenvalue weighted by molar-refractivity contribution is 5.69. The van der Waals surface area contributed by atoms with E-state index in [1.807, 2.05) is 36.5 Å². The maximum Gasteiger partial charge on any atom is 0.229 e. The zero-order valence-corrected chi connectivity index (χ0v) is 13.0. The minimum absolute atomic E-state index is 0.315. The van der Waals surface area contributed by atoms with Gasteiger partial charge in [0.15, 0.2) is 0 Å². The van der Waals surface area contributed by atoms with Crippen molar-refractivity contribution in [2.75, 3.05) is 29.9 Å². The van der Waals surface area contributed by atoms with Gasteiger partial charge in [-0.1, -0.05) is 30.4 Å². The predicted molar refractivity (Wildman–Crippen MR) is 92.0 cm³/mol. The van der Waals surface area contributed by atoms with E-state index in [4.69, 9.17) is 9.72 Å². The lowest BCUT2D eigenvalue weighted by atomic mass is 10.1. The zero-order chi connectivity index (χ0) is 15.5. The Morgan fingerprint density at radius 3 is 3.00 bits per heavy atom. The molecule has 1 aromatic heterocycles. The van der Waals surface area contributed by atoms with E-state index in [0.29, 0.717) is 12.1 Å². The Bertz CT molecular complexity index is 695. The molecule has 1 atom stereocenters. The van der Waals surface area contributed by atoms with Gasteiger partial charge in [0.25, 0.3) is 0 Å². The first-order valence-electron chi connectivity index (χ1n) is 8.11. The van der Waals surface area contributed by atoms with Crippen LogP contribution in [0.15, 0.2) is 42.6 Å². The molecule has 2 aliphatic rings. The molecule has 0 radical (unpaired) electrons. The number of anilines is 3. The SMILES string of the molecule is C1=Cc2cnc(Nc3ccccc3)nc2N(CC2CCCO2)C1. The summed E-state index contributed by atoms with van der Waals surface area (Å²) in [5.74, 6) is 1.61. The molecule has 2 aliphatic heterocycles. The summed E-state index contributed by atoms with van der Waals surface area (Å²) in [6.07, 6.45) is 8.74. The van der Waals surface area contributed by atoms with Gasteiger partial charge in [-0.3, -0.25) is 0 Å². The molecule has 5 nitrogen and oxygen atoms in total. The number of ether oxygens (including phenoxy) is 1. The molecule has 1 unspecified atom stereocenters. The van der Waals surface area contributed by atoms with Gasteiger partial charge in [-0.25, -0.2) is 4.98 Å². The minimum atomic E-state index is 0.315. The van der Waals surface area contributed by atoms with Crippen molar-refractivity contribution in [3.05, 3.63) is 48.2 Å². The van der Waals surface area contributed by atoms with Crippen molar-refractivity contribution in [2.45, 2.75) is 18.9 Å². The van der Waals surface area contributed by atoms with Gasteiger partial charge in [0.05, 0.1) is 6.10 Å². The Labute approximate surface area is 136 Å². The molecule has 0 bridgehead atoms. The third-order valence-electron chi connectivity index (χ3n) is 4.20. The number of fused-ring (bicyclic) bond motifs is 1. The number of aromatic nitrogens is 2. The Morgan fingerprint density at radius 2 is 2.17 bits per heavy atom. The molecule has 1 fully saturated rings. The number of para-hydroxylation sites is 1. The lowest BCUT2D eigenvalue weighted by Gasteiger charge is -2.29. The molecule has 0 spiro atoms. The molecule has 5 heteroatoms. The molecule has 1 N–H and O–H groups in total. The van der Waals surface area contributed by atoms with E-state index in [0.717, 1.165) is 49.6 Å². The third kappa shape index (κ3) is 3.19. The van der Waals surface area contributed by atoms with Crippen LogP contribution in [0.1, 0.15) is 18.4 Å². The maximum atomic E-state index is 5.77. The van der Waals surface area contributed by atoms with Crippen LogP contribution in [0.2, 0.25) is 0 Å². The van der Waals surface area contributed by atoms with Gasteiger partial charge < -0.3 is 15.0 Å². The van der Waals surface area contributed by atoms with Crippen molar-refractivity contribution >= 4 is 23.5 Å².